The van der Waals surface area contributed by atoms with Gasteiger partial charge in [0.05, 0.1) is 0 Å². The molecule has 0 saturated heterocycles. The molecule has 0 radical (unpaired) electrons. The quantitative estimate of drug-likeness (QED) is 0.0261. The van der Waals surface area contributed by atoms with Gasteiger partial charge in [0.25, 0.3) is 0 Å². The van der Waals surface area contributed by atoms with Crippen molar-refractivity contribution >= 4 is 17.9 Å². The van der Waals surface area contributed by atoms with E-state index in [4.69, 9.17) is 14.2 Å². The van der Waals surface area contributed by atoms with Gasteiger partial charge in [-0.2, -0.15) is 0 Å². The molecule has 0 spiro atoms. The molecule has 0 bridgehead atoms. The predicted molar refractivity (Wildman–Crippen MR) is 316 cm³/mol. The molecule has 0 aromatic rings. The first kappa shape index (κ1) is 70.9. The van der Waals surface area contributed by atoms with E-state index in [0.29, 0.717) is 19.3 Å². The Hall–Kier alpha value is -2.11. The zero-order valence-corrected chi connectivity index (χ0v) is 49.4. The molecule has 430 valence electrons. The van der Waals surface area contributed by atoms with Gasteiger partial charge in [0.15, 0.2) is 6.10 Å². The van der Waals surface area contributed by atoms with Gasteiger partial charge in [-0.25, -0.2) is 0 Å². The third kappa shape index (κ3) is 60.6. The minimum absolute atomic E-state index is 0.0659. The van der Waals surface area contributed by atoms with Gasteiger partial charge in [-0.1, -0.05) is 321 Å². The summed E-state index contributed by atoms with van der Waals surface area (Å²) in [4.78, 5) is 38.4. The van der Waals surface area contributed by atoms with Gasteiger partial charge >= 0.3 is 17.9 Å². The summed E-state index contributed by atoms with van der Waals surface area (Å²) in [6.45, 7) is 6.69. The average molecular weight is 1030 g/mol. The van der Waals surface area contributed by atoms with Crippen molar-refractivity contribution in [3.63, 3.8) is 0 Å². The van der Waals surface area contributed by atoms with Gasteiger partial charge in [0.1, 0.15) is 13.2 Å². The molecule has 0 aromatic carbocycles. The van der Waals surface area contributed by atoms with Gasteiger partial charge in [0, 0.05) is 19.3 Å². The minimum atomic E-state index is -0.769. The molecule has 0 heterocycles. The SMILES string of the molecule is CCCCC/C=C\C/C=C\CCCCCCCCCCCC(=O)OC[C@H](COC(=O)CCCCCCCCCCCCCCCCCCC)OC(=O)CCCCCCCCCCCCCCCCCCCCC. The molecule has 0 saturated carbocycles. The number of unbranched alkanes of at least 4 members (excludes halogenated alkanes) is 46. The first-order valence-corrected chi connectivity index (χ1v) is 32.8. The summed E-state index contributed by atoms with van der Waals surface area (Å²) in [5.74, 6) is -0.839. The Morgan fingerprint density at radius 3 is 0.781 bits per heavy atom. The van der Waals surface area contributed by atoms with Crippen LogP contribution < -0.4 is 0 Å². The van der Waals surface area contributed by atoms with E-state index in [2.05, 4.69) is 45.1 Å². The lowest BCUT2D eigenvalue weighted by molar-refractivity contribution is -0.167. The van der Waals surface area contributed by atoms with Crippen molar-refractivity contribution < 1.29 is 28.6 Å². The fourth-order valence-electron chi connectivity index (χ4n) is 10.0. The summed E-state index contributed by atoms with van der Waals surface area (Å²) in [5.41, 5.74) is 0. The summed E-state index contributed by atoms with van der Waals surface area (Å²) in [7, 11) is 0. The Morgan fingerprint density at radius 1 is 0.274 bits per heavy atom. The summed E-state index contributed by atoms with van der Waals surface area (Å²) in [6, 6.07) is 0. The second kappa shape index (κ2) is 62.4. The van der Waals surface area contributed by atoms with E-state index in [1.165, 1.54) is 263 Å². The molecule has 0 aromatic heterocycles. The highest BCUT2D eigenvalue weighted by Crippen LogP contribution is 2.18. The molecule has 6 heteroatoms. The zero-order chi connectivity index (χ0) is 52.9. The summed E-state index contributed by atoms with van der Waals surface area (Å²) >= 11 is 0. The van der Waals surface area contributed by atoms with E-state index < -0.39 is 6.10 Å². The smallest absolute Gasteiger partial charge is 0.306 e. The van der Waals surface area contributed by atoms with E-state index in [-0.39, 0.29) is 31.1 Å². The number of rotatable bonds is 61. The topological polar surface area (TPSA) is 78.9 Å². The standard InChI is InChI=1S/C67H126O6/c1-4-7-10-13-16-19-22-25-28-31-33-36-39-42-45-48-51-54-57-60-66(69)72-63-64(62-71-65(68)59-56-53-50-47-44-41-38-35-30-27-24-21-18-15-12-9-6-3)73-67(70)61-58-55-52-49-46-43-40-37-34-32-29-26-23-20-17-14-11-8-5-2/h16,19,25,28,64H,4-15,17-18,20-24,26-27,29-63H2,1-3H3/b19-16-,28-25-/t64-/m0/s1. The average Bonchev–Trinajstić information content (AvgIpc) is 3.39. The fraction of sp³-hybridized carbons (Fsp3) is 0.896. The molecule has 1 atom stereocenters. The van der Waals surface area contributed by atoms with Crippen molar-refractivity contribution in [2.24, 2.45) is 0 Å². The van der Waals surface area contributed by atoms with Crippen LogP contribution in [0.4, 0.5) is 0 Å². The Balaban J connectivity index is 4.31. The van der Waals surface area contributed by atoms with E-state index in [1.807, 2.05) is 0 Å². The molecule has 0 unspecified atom stereocenters. The second-order valence-electron chi connectivity index (χ2n) is 22.4. The van der Waals surface area contributed by atoms with Crippen LogP contribution in [0.15, 0.2) is 24.3 Å². The highest BCUT2D eigenvalue weighted by Gasteiger charge is 2.19. The number of esters is 3. The highest BCUT2D eigenvalue weighted by atomic mass is 16.6. The highest BCUT2D eigenvalue weighted by molar-refractivity contribution is 5.71. The maximum atomic E-state index is 12.9. The Bertz CT molecular complexity index is 1180. The first-order valence-electron chi connectivity index (χ1n) is 32.8. The van der Waals surface area contributed by atoms with E-state index in [9.17, 15) is 14.4 Å². The molecular weight excluding hydrogens is 901 g/mol. The van der Waals surface area contributed by atoms with Crippen LogP contribution in [0.3, 0.4) is 0 Å². The lowest BCUT2D eigenvalue weighted by Gasteiger charge is -2.18. The largest absolute Gasteiger partial charge is 0.462 e. The van der Waals surface area contributed by atoms with E-state index in [1.54, 1.807) is 0 Å². The Morgan fingerprint density at radius 2 is 0.493 bits per heavy atom. The molecule has 0 fully saturated rings. The molecule has 0 aliphatic heterocycles. The van der Waals surface area contributed by atoms with Gasteiger partial charge in [-0.05, 0) is 51.4 Å². The second-order valence-corrected chi connectivity index (χ2v) is 22.4. The van der Waals surface area contributed by atoms with Crippen LogP contribution in [-0.2, 0) is 28.6 Å². The van der Waals surface area contributed by atoms with Crippen LogP contribution in [-0.4, -0.2) is 37.2 Å². The summed E-state index contributed by atoms with van der Waals surface area (Å²) in [5, 5.41) is 0. The number of ether oxygens (including phenoxy) is 3. The molecule has 0 N–H and O–H groups in total. The minimum Gasteiger partial charge on any atom is -0.462 e. The molecule has 73 heavy (non-hydrogen) atoms. The van der Waals surface area contributed by atoms with Crippen molar-refractivity contribution in [2.75, 3.05) is 13.2 Å². The van der Waals surface area contributed by atoms with Crippen LogP contribution in [0.1, 0.15) is 367 Å². The zero-order valence-electron chi connectivity index (χ0n) is 49.4. The number of hydrogen-bond acceptors (Lipinski definition) is 6. The van der Waals surface area contributed by atoms with Crippen LogP contribution in [0, 0.1) is 0 Å². The van der Waals surface area contributed by atoms with Gasteiger partial charge in [0.2, 0.25) is 0 Å². The maximum absolute atomic E-state index is 12.9. The van der Waals surface area contributed by atoms with Crippen molar-refractivity contribution in [2.45, 2.75) is 374 Å². The predicted octanol–water partition coefficient (Wildman–Crippen LogP) is 22.2. The van der Waals surface area contributed by atoms with Crippen LogP contribution >= 0.6 is 0 Å². The molecular formula is C67H126O6. The number of allylic oxidation sites excluding steroid dienone is 4. The van der Waals surface area contributed by atoms with Crippen molar-refractivity contribution in [3.8, 4) is 0 Å². The Kier molecular flexibility index (Phi) is 60.6. The summed E-state index contributed by atoms with van der Waals surface area (Å²) in [6.07, 6.45) is 74.6. The lowest BCUT2D eigenvalue weighted by Crippen LogP contribution is -2.30. The van der Waals surface area contributed by atoms with Crippen molar-refractivity contribution in [3.05, 3.63) is 24.3 Å². The van der Waals surface area contributed by atoms with Gasteiger partial charge in [-0.3, -0.25) is 14.4 Å². The van der Waals surface area contributed by atoms with E-state index in [0.717, 1.165) is 64.2 Å². The lowest BCUT2D eigenvalue weighted by atomic mass is 10.0. The summed E-state index contributed by atoms with van der Waals surface area (Å²) < 4.78 is 17.0. The third-order valence-electron chi connectivity index (χ3n) is 15.0. The maximum Gasteiger partial charge on any atom is 0.306 e. The molecule has 0 amide bonds. The van der Waals surface area contributed by atoms with Gasteiger partial charge < -0.3 is 14.2 Å². The van der Waals surface area contributed by atoms with Crippen molar-refractivity contribution in [1.82, 2.24) is 0 Å². The molecule has 6 nitrogen and oxygen atoms in total. The Labute approximate surface area is 455 Å². The van der Waals surface area contributed by atoms with E-state index >= 15 is 0 Å². The third-order valence-corrected chi connectivity index (χ3v) is 15.0. The van der Waals surface area contributed by atoms with Crippen LogP contribution in [0.2, 0.25) is 0 Å². The number of carbonyl (C=O) groups excluding carboxylic acids is 3. The number of hydrogen-bond donors (Lipinski definition) is 0. The molecule has 0 aliphatic carbocycles. The number of carbonyl (C=O) groups is 3. The van der Waals surface area contributed by atoms with Crippen LogP contribution in [0.5, 0.6) is 0 Å². The monoisotopic (exact) mass is 1030 g/mol. The fourth-order valence-corrected chi connectivity index (χ4v) is 10.0. The normalized spacial score (nSPS) is 12.1. The van der Waals surface area contributed by atoms with Crippen molar-refractivity contribution in [1.29, 1.82) is 0 Å². The van der Waals surface area contributed by atoms with Gasteiger partial charge in [-0.15, -0.1) is 0 Å². The van der Waals surface area contributed by atoms with Crippen LogP contribution in [0.25, 0.3) is 0 Å². The molecule has 0 rings (SSSR count). The molecule has 0 aliphatic rings. The first-order chi connectivity index (χ1) is 36.0.